The lowest BCUT2D eigenvalue weighted by Gasteiger charge is -2.04. The molecule has 0 saturated carbocycles. The van der Waals surface area contributed by atoms with E-state index in [9.17, 15) is 9.59 Å². The summed E-state index contributed by atoms with van der Waals surface area (Å²) in [6, 6.07) is 0. The quantitative estimate of drug-likeness (QED) is 0.627. The standard InChI is InChI=1S/C8H11N3O3/c1-14-7(12)6-4-10-8(13)11(5-6)3-2-9/h4-5H,2-3,9H2,1H3. The molecule has 0 aromatic carbocycles. The summed E-state index contributed by atoms with van der Waals surface area (Å²) in [5.41, 5.74) is 5.09. The maximum atomic E-state index is 11.1. The zero-order valence-electron chi connectivity index (χ0n) is 7.77. The van der Waals surface area contributed by atoms with Gasteiger partial charge in [-0.25, -0.2) is 14.6 Å². The van der Waals surface area contributed by atoms with Crippen LogP contribution in [0, 0.1) is 0 Å². The molecule has 1 rings (SSSR count). The van der Waals surface area contributed by atoms with Gasteiger partial charge in [-0.1, -0.05) is 0 Å². The molecular formula is C8H11N3O3. The van der Waals surface area contributed by atoms with Crippen LogP contribution >= 0.6 is 0 Å². The normalized spacial score (nSPS) is 9.86. The van der Waals surface area contributed by atoms with Gasteiger partial charge in [0.1, 0.15) is 0 Å². The van der Waals surface area contributed by atoms with Crippen LogP contribution in [0.25, 0.3) is 0 Å². The van der Waals surface area contributed by atoms with Crippen molar-refractivity contribution < 1.29 is 9.53 Å². The first-order chi connectivity index (χ1) is 6.69. The van der Waals surface area contributed by atoms with Crippen molar-refractivity contribution in [3.8, 4) is 0 Å². The van der Waals surface area contributed by atoms with E-state index in [-0.39, 0.29) is 5.56 Å². The third-order valence-electron chi connectivity index (χ3n) is 1.65. The second kappa shape index (κ2) is 4.52. The highest BCUT2D eigenvalue weighted by molar-refractivity contribution is 5.88. The van der Waals surface area contributed by atoms with Crippen LogP contribution in [0.5, 0.6) is 0 Å². The van der Waals surface area contributed by atoms with Crippen LogP contribution < -0.4 is 11.4 Å². The fourth-order valence-corrected chi connectivity index (χ4v) is 0.978. The molecule has 6 nitrogen and oxygen atoms in total. The number of hydrogen-bond acceptors (Lipinski definition) is 5. The zero-order chi connectivity index (χ0) is 10.6. The molecule has 76 valence electrons. The van der Waals surface area contributed by atoms with Crippen LogP contribution in [0.3, 0.4) is 0 Å². The molecule has 0 radical (unpaired) electrons. The van der Waals surface area contributed by atoms with Gasteiger partial charge in [-0.2, -0.15) is 0 Å². The molecule has 0 spiro atoms. The molecule has 0 amide bonds. The first-order valence-corrected chi connectivity index (χ1v) is 4.04. The Hall–Kier alpha value is -1.69. The highest BCUT2D eigenvalue weighted by atomic mass is 16.5. The zero-order valence-corrected chi connectivity index (χ0v) is 7.77. The smallest absolute Gasteiger partial charge is 0.347 e. The van der Waals surface area contributed by atoms with Crippen molar-refractivity contribution in [1.29, 1.82) is 0 Å². The van der Waals surface area contributed by atoms with E-state index in [1.807, 2.05) is 0 Å². The van der Waals surface area contributed by atoms with Crippen molar-refractivity contribution in [3.63, 3.8) is 0 Å². The molecule has 2 N–H and O–H groups in total. The minimum Gasteiger partial charge on any atom is -0.465 e. The van der Waals surface area contributed by atoms with Crippen LogP contribution in [0.15, 0.2) is 17.2 Å². The molecule has 1 aromatic heterocycles. The molecule has 0 bridgehead atoms. The maximum Gasteiger partial charge on any atom is 0.347 e. The summed E-state index contributed by atoms with van der Waals surface area (Å²) in [6.07, 6.45) is 2.56. The van der Waals surface area contributed by atoms with E-state index in [0.29, 0.717) is 13.1 Å². The van der Waals surface area contributed by atoms with Crippen molar-refractivity contribution in [2.45, 2.75) is 6.54 Å². The lowest BCUT2D eigenvalue weighted by Crippen LogP contribution is -2.27. The Morgan fingerprint density at radius 2 is 2.43 bits per heavy atom. The molecule has 0 saturated heterocycles. The molecular weight excluding hydrogens is 186 g/mol. The number of carbonyl (C=O) groups is 1. The van der Waals surface area contributed by atoms with Crippen molar-refractivity contribution in [3.05, 3.63) is 28.4 Å². The minimum atomic E-state index is -0.525. The molecule has 0 fully saturated rings. The van der Waals surface area contributed by atoms with Gasteiger partial charge in [0.2, 0.25) is 0 Å². The summed E-state index contributed by atoms with van der Waals surface area (Å²) in [4.78, 5) is 25.7. The summed E-state index contributed by atoms with van der Waals surface area (Å²) < 4.78 is 5.75. The van der Waals surface area contributed by atoms with E-state index in [4.69, 9.17) is 5.73 Å². The third-order valence-corrected chi connectivity index (χ3v) is 1.65. The highest BCUT2D eigenvalue weighted by Gasteiger charge is 2.07. The Morgan fingerprint density at radius 1 is 1.71 bits per heavy atom. The SMILES string of the molecule is COC(=O)c1cnc(=O)n(CCN)c1. The Bertz CT molecular complexity index is 386. The second-order valence-corrected chi connectivity index (χ2v) is 2.60. The number of nitrogens with zero attached hydrogens (tertiary/aromatic N) is 2. The number of carbonyl (C=O) groups excluding carboxylic acids is 1. The Kier molecular flexibility index (Phi) is 3.35. The molecule has 0 aliphatic carbocycles. The van der Waals surface area contributed by atoms with Gasteiger partial charge in [0.05, 0.1) is 12.7 Å². The first-order valence-electron chi connectivity index (χ1n) is 4.04. The first kappa shape index (κ1) is 10.4. The average molecular weight is 197 g/mol. The van der Waals surface area contributed by atoms with Crippen LogP contribution in [-0.4, -0.2) is 29.2 Å². The van der Waals surface area contributed by atoms with E-state index >= 15 is 0 Å². The number of rotatable bonds is 3. The second-order valence-electron chi connectivity index (χ2n) is 2.60. The molecule has 0 atom stereocenters. The molecule has 1 aromatic rings. The number of esters is 1. The summed E-state index contributed by atoms with van der Waals surface area (Å²) in [6.45, 7) is 0.642. The molecule has 0 unspecified atom stereocenters. The summed E-state index contributed by atoms with van der Waals surface area (Å²) in [5.74, 6) is -0.525. The molecule has 0 aliphatic rings. The minimum absolute atomic E-state index is 0.237. The maximum absolute atomic E-state index is 11.1. The number of nitrogens with two attached hydrogens (primary N) is 1. The van der Waals surface area contributed by atoms with Gasteiger partial charge in [-0.3, -0.25) is 4.57 Å². The predicted molar refractivity (Wildman–Crippen MR) is 48.9 cm³/mol. The van der Waals surface area contributed by atoms with Crippen molar-refractivity contribution in [2.75, 3.05) is 13.7 Å². The monoisotopic (exact) mass is 197 g/mol. The fraction of sp³-hybridized carbons (Fsp3) is 0.375. The predicted octanol–water partition coefficient (Wildman–Crippen LogP) is -1.01. The summed E-state index contributed by atoms with van der Waals surface area (Å²) >= 11 is 0. The van der Waals surface area contributed by atoms with Crippen LogP contribution in [-0.2, 0) is 11.3 Å². The van der Waals surface area contributed by atoms with E-state index < -0.39 is 11.7 Å². The van der Waals surface area contributed by atoms with Gasteiger partial charge >= 0.3 is 11.7 Å². The van der Waals surface area contributed by atoms with Gasteiger partial charge in [-0.15, -0.1) is 0 Å². The Labute approximate surface area is 80.3 Å². The average Bonchev–Trinajstić information content (AvgIpc) is 2.20. The summed E-state index contributed by atoms with van der Waals surface area (Å²) in [7, 11) is 1.26. The van der Waals surface area contributed by atoms with E-state index in [1.165, 1.54) is 24.1 Å². The van der Waals surface area contributed by atoms with Crippen molar-refractivity contribution >= 4 is 5.97 Å². The molecule has 14 heavy (non-hydrogen) atoms. The Morgan fingerprint density at radius 3 is 3.00 bits per heavy atom. The van der Waals surface area contributed by atoms with E-state index in [2.05, 4.69) is 9.72 Å². The van der Waals surface area contributed by atoms with E-state index in [0.717, 1.165) is 0 Å². The topological polar surface area (TPSA) is 87.2 Å². The number of ether oxygens (including phenoxy) is 1. The highest BCUT2D eigenvalue weighted by Crippen LogP contribution is 1.95. The van der Waals surface area contributed by atoms with Gasteiger partial charge in [0.25, 0.3) is 0 Å². The fourth-order valence-electron chi connectivity index (χ4n) is 0.978. The summed E-state index contributed by atoms with van der Waals surface area (Å²) in [5, 5.41) is 0. The molecule has 0 aliphatic heterocycles. The van der Waals surface area contributed by atoms with Crippen molar-refractivity contribution in [1.82, 2.24) is 9.55 Å². The number of hydrogen-bond donors (Lipinski definition) is 1. The number of methoxy groups -OCH3 is 1. The largest absolute Gasteiger partial charge is 0.465 e. The van der Waals surface area contributed by atoms with Crippen molar-refractivity contribution in [2.24, 2.45) is 5.73 Å². The van der Waals surface area contributed by atoms with Crippen LogP contribution in [0.2, 0.25) is 0 Å². The molecule has 1 heterocycles. The van der Waals surface area contributed by atoms with Crippen LogP contribution in [0.4, 0.5) is 0 Å². The lowest BCUT2D eigenvalue weighted by atomic mass is 10.3. The van der Waals surface area contributed by atoms with Gasteiger partial charge in [-0.05, 0) is 0 Å². The number of aromatic nitrogens is 2. The van der Waals surface area contributed by atoms with Gasteiger partial charge in [0, 0.05) is 25.5 Å². The van der Waals surface area contributed by atoms with Gasteiger partial charge < -0.3 is 10.5 Å². The van der Waals surface area contributed by atoms with Crippen LogP contribution in [0.1, 0.15) is 10.4 Å². The molecule has 6 heteroatoms. The Balaban J connectivity index is 3.06. The van der Waals surface area contributed by atoms with E-state index in [1.54, 1.807) is 0 Å². The lowest BCUT2D eigenvalue weighted by molar-refractivity contribution is 0.0599. The van der Waals surface area contributed by atoms with Gasteiger partial charge in [0.15, 0.2) is 0 Å². The third kappa shape index (κ3) is 2.17.